The summed E-state index contributed by atoms with van der Waals surface area (Å²) in [6.07, 6.45) is 0.769. The second-order valence-electron chi connectivity index (χ2n) is 4.02. The zero-order valence-corrected chi connectivity index (χ0v) is 9.60. The molecule has 1 aromatic carbocycles. The number of hydrogen-bond donors (Lipinski definition) is 1. The summed E-state index contributed by atoms with van der Waals surface area (Å²) in [7, 11) is 0. The van der Waals surface area contributed by atoms with Crippen LogP contribution in [0, 0.1) is 13.8 Å². The molecule has 0 aliphatic heterocycles. The summed E-state index contributed by atoms with van der Waals surface area (Å²) in [6, 6.07) is 10.1. The maximum absolute atomic E-state index is 6.15. The third-order valence-corrected chi connectivity index (χ3v) is 2.83. The van der Waals surface area contributed by atoms with E-state index in [1.54, 1.807) is 0 Å². The van der Waals surface area contributed by atoms with Crippen LogP contribution in [-0.2, 0) is 6.42 Å². The van der Waals surface area contributed by atoms with Gasteiger partial charge in [-0.3, -0.25) is 0 Å². The monoisotopic (exact) mass is 216 g/mol. The lowest BCUT2D eigenvalue weighted by Gasteiger charge is -2.11. The predicted molar refractivity (Wildman–Crippen MR) is 63.1 cm³/mol. The molecule has 1 atom stereocenters. The van der Waals surface area contributed by atoms with Gasteiger partial charge in [-0.05, 0) is 25.8 Å². The molecule has 3 heteroatoms. The third-order valence-electron chi connectivity index (χ3n) is 2.83. The first kappa shape index (κ1) is 10.9. The van der Waals surface area contributed by atoms with Crippen molar-refractivity contribution in [1.29, 1.82) is 0 Å². The van der Waals surface area contributed by atoms with Gasteiger partial charge in [0.15, 0.2) is 0 Å². The second-order valence-corrected chi connectivity index (χ2v) is 4.02. The molecule has 1 unspecified atom stereocenters. The Bertz CT molecular complexity index is 443. The Hall–Kier alpha value is -1.61. The number of hydrogen-bond acceptors (Lipinski definition) is 3. The first-order valence-electron chi connectivity index (χ1n) is 5.40. The molecule has 0 radical (unpaired) electrons. The number of nitrogens with zero attached hydrogens (tertiary/aromatic N) is 1. The minimum absolute atomic E-state index is 0.00185. The fraction of sp³-hybridized carbons (Fsp3) is 0.308. The summed E-state index contributed by atoms with van der Waals surface area (Å²) >= 11 is 0. The van der Waals surface area contributed by atoms with Crippen molar-refractivity contribution in [1.82, 2.24) is 5.16 Å². The summed E-state index contributed by atoms with van der Waals surface area (Å²) in [6.45, 7) is 3.87. The number of nitrogens with two attached hydrogens (primary N) is 1. The van der Waals surface area contributed by atoms with Crippen LogP contribution in [-0.4, -0.2) is 5.16 Å². The van der Waals surface area contributed by atoms with Gasteiger partial charge in [-0.2, -0.15) is 0 Å². The lowest BCUT2D eigenvalue weighted by Crippen LogP contribution is -2.13. The zero-order chi connectivity index (χ0) is 11.5. The van der Waals surface area contributed by atoms with E-state index >= 15 is 0 Å². The van der Waals surface area contributed by atoms with Gasteiger partial charge in [-0.1, -0.05) is 35.5 Å². The van der Waals surface area contributed by atoms with Crippen molar-refractivity contribution in [2.45, 2.75) is 26.3 Å². The number of aryl methyl sites for hydroxylation is 2. The molecule has 0 spiro atoms. The van der Waals surface area contributed by atoms with E-state index < -0.39 is 0 Å². The van der Waals surface area contributed by atoms with E-state index in [4.69, 9.17) is 10.3 Å². The van der Waals surface area contributed by atoms with Gasteiger partial charge >= 0.3 is 0 Å². The van der Waals surface area contributed by atoms with Crippen molar-refractivity contribution in [2.24, 2.45) is 5.73 Å². The fourth-order valence-corrected chi connectivity index (χ4v) is 1.83. The maximum Gasteiger partial charge on any atom is 0.137 e. The van der Waals surface area contributed by atoms with E-state index in [2.05, 4.69) is 5.16 Å². The maximum atomic E-state index is 6.15. The standard InChI is InChI=1S/C13H16N2O/c1-9-12(10(2)16-15-9)8-13(14)11-6-4-3-5-7-11/h3-7,13H,8,14H2,1-2H3. The molecule has 0 fully saturated rings. The van der Waals surface area contributed by atoms with Gasteiger partial charge in [-0.15, -0.1) is 0 Å². The lowest BCUT2D eigenvalue weighted by molar-refractivity contribution is 0.392. The highest BCUT2D eigenvalue weighted by molar-refractivity contribution is 5.26. The highest BCUT2D eigenvalue weighted by atomic mass is 16.5. The molecule has 16 heavy (non-hydrogen) atoms. The van der Waals surface area contributed by atoms with Crippen LogP contribution in [0.25, 0.3) is 0 Å². The molecule has 0 bridgehead atoms. The SMILES string of the molecule is Cc1noc(C)c1CC(N)c1ccccc1. The Balaban J connectivity index is 2.17. The molecule has 1 heterocycles. The summed E-state index contributed by atoms with van der Waals surface area (Å²) in [5, 5.41) is 3.93. The van der Waals surface area contributed by atoms with Crippen molar-refractivity contribution >= 4 is 0 Å². The number of aromatic nitrogens is 1. The van der Waals surface area contributed by atoms with Crippen LogP contribution >= 0.6 is 0 Å². The van der Waals surface area contributed by atoms with Crippen LogP contribution in [0.2, 0.25) is 0 Å². The van der Waals surface area contributed by atoms with Gasteiger partial charge in [0.1, 0.15) is 5.76 Å². The summed E-state index contributed by atoms with van der Waals surface area (Å²) in [4.78, 5) is 0. The van der Waals surface area contributed by atoms with Crippen LogP contribution in [0.3, 0.4) is 0 Å². The van der Waals surface area contributed by atoms with E-state index in [0.29, 0.717) is 0 Å². The summed E-state index contributed by atoms with van der Waals surface area (Å²) in [5.41, 5.74) is 9.35. The van der Waals surface area contributed by atoms with Crippen molar-refractivity contribution in [3.05, 3.63) is 52.9 Å². The lowest BCUT2D eigenvalue weighted by atomic mass is 9.99. The van der Waals surface area contributed by atoms with E-state index in [-0.39, 0.29) is 6.04 Å². The Kier molecular flexibility index (Phi) is 3.06. The molecular formula is C13H16N2O. The van der Waals surface area contributed by atoms with Gasteiger partial charge in [-0.25, -0.2) is 0 Å². The van der Waals surface area contributed by atoms with Gasteiger partial charge in [0.2, 0.25) is 0 Å². The molecule has 0 amide bonds. The Morgan fingerprint density at radius 3 is 2.50 bits per heavy atom. The van der Waals surface area contributed by atoms with Crippen LogP contribution in [0.4, 0.5) is 0 Å². The highest BCUT2D eigenvalue weighted by Crippen LogP contribution is 2.20. The van der Waals surface area contributed by atoms with Crippen molar-refractivity contribution in [3.63, 3.8) is 0 Å². The van der Waals surface area contributed by atoms with E-state index in [1.165, 1.54) is 0 Å². The second kappa shape index (κ2) is 4.49. The minimum atomic E-state index is -0.00185. The normalized spacial score (nSPS) is 12.7. The summed E-state index contributed by atoms with van der Waals surface area (Å²) < 4.78 is 5.13. The first-order chi connectivity index (χ1) is 7.68. The predicted octanol–water partition coefficient (Wildman–Crippen LogP) is 2.53. The molecule has 0 saturated heterocycles. The van der Waals surface area contributed by atoms with Crippen molar-refractivity contribution in [3.8, 4) is 0 Å². The van der Waals surface area contributed by atoms with Gasteiger partial charge in [0, 0.05) is 11.6 Å². The first-order valence-corrected chi connectivity index (χ1v) is 5.40. The average molecular weight is 216 g/mol. The van der Waals surface area contributed by atoms with Crippen LogP contribution in [0.15, 0.2) is 34.9 Å². The molecule has 3 nitrogen and oxygen atoms in total. The summed E-state index contributed by atoms with van der Waals surface area (Å²) in [5.74, 6) is 0.865. The average Bonchev–Trinajstić information content (AvgIpc) is 2.62. The highest BCUT2D eigenvalue weighted by Gasteiger charge is 2.14. The van der Waals surface area contributed by atoms with Crippen LogP contribution < -0.4 is 5.73 Å². The van der Waals surface area contributed by atoms with Crippen LogP contribution in [0.1, 0.15) is 28.6 Å². The largest absolute Gasteiger partial charge is 0.361 e. The van der Waals surface area contributed by atoms with Gasteiger partial charge < -0.3 is 10.3 Å². The van der Waals surface area contributed by atoms with E-state index in [0.717, 1.165) is 29.0 Å². The fourth-order valence-electron chi connectivity index (χ4n) is 1.83. The topological polar surface area (TPSA) is 52.0 Å². The molecule has 2 N–H and O–H groups in total. The molecule has 0 aliphatic rings. The molecule has 2 rings (SSSR count). The van der Waals surface area contributed by atoms with Gasteiger partial charge in [0.25, 0.3) is 0 Å². The van der Waals surface area contributed by atoms with Crippen molar-refractivity contribution < 1.29 is 4.52 Å². The van der Waals surface area contributed by atoms with Crippen molar-refractivity contribution in [2.75, 3.05) is 0 Å². The Morgan fingerprint density at radius 2 is 1.94 bits per heavy atom. The van der Waals surface area contributed by atoms with Crippen LogP contribution in [0.5, 0.6) is 0 Å². The molecular weight excluding hydrogens is 200 g/mol. The zero-order valence-electron chi connectivity index (χ0n) is 9.60. The van der Waals surface area contributed by atoms with Gasteiger partial charge in [0.05, 0.1) is 5.69 Å². The molecule has 0 saturated carbocycles. The molecule has 0 aliphatic carbocycles. The van der Waals surface area contributed by atoms with E-state index in [9.17, 15) is 0 Å². The molecule has 1 aromatic heterocycles. The smallest absolute Gasteiger partial charge is 0.137 e. The third kappa shape index (κ3) is 2.14. The molecule has 2 aromatic rings. The number of benzene rings is 1. The molecule has 84 valence electrons. The Labute approximate surface area is 95.3 Å². The quantitative estimate of drug-likeness (QED) is 0.857. The minimum Gasteiger partial charge on any atom is -0.361 e. The number of rotatable bonds is 3. The Morgan fingerprint density at radius 1 is 1.25 bits per heavy atom. The van der Waals surface area contributed by atoms with E-state index in [1.807, 2.05) is 44.2 Å².